The molecule has 18 nitrogen and oxygen atoms in total. The lowest BCUT2D eigenvalue weighted by Gasteiger charge is -2.28. The Bertz CT molecular complexity index is 1670. The largest absolute Gasteiger partial charge is 0.756 e. The Morgan fingerprint density at radius 1 is 0.293 bits per heavy atom. The molecule has 0 saturated carbocycles. The number of nitrogens with zero attached hydrogens (tertiary/aromatic N) is 2. The predicted molar refractivity (Wildman–Crippen MR) is 371 cm³/mol. The monoisotopic (exact) mass is 1350 g/mol. The van der Waals surface area contributed by atoms with Crippen molar-refractivity contribution in [1.82, 2.24) is 0 Å². The number of phosphoric acid groups is 2. The van der Waals surface area contributed by atoms with E-state index in [-0.39, 0.29) is 64.0 Å². The second-order valence-electron chi connectivity index (χ2n) is 27.9. The highest BCUT2D eigenvalue weighted by molar-refractivity contribution is 7.46. The van der Waals surface area contributed by atoms with E-state index in [1.165, 1.54) is 205 Å². The zero-order valence-electron chi connectivity index (χ0n) is 61.1. The van der Waals surface area contributed by atoms with Crippen LogP contribution < -0.4 is 9.79 Å². The number of carbonyl (C=O) groups excluding carboxylic acids is 4. The first-order valence-electron chi connectivity index (χ1n) is 37.5. The molecule has 0 saturated heterocycles. The van der Waals surface area contributed by atoms with Crippen molar-refractivity contribution in [3.05, 3.63) is 0 Å². The molecule has 0 heterocycles. The summed E-state index contributed by atoms with van der Waals surface area (Å²) in [6, 6.07) is 0. The highest BCUT2D eigenvalue weighted by atomic mass is 31.2. The molecule has 0 N–H and O–H groups in total. The minimum atomic E-state index is -4.60. The SMILES string of the molecule is CCCCCCCCCCCCCC(=O)OCC(COP(=O)([O-])OCC[N+](C)(C)C)OC(=O)CCCCCCCCCCCCC.CCCCCCCCCCCCCC(=O)OC[C@H](COP(=O)([O-])OCC[N+](C)(C)C)OC(=O)CCCCCCCCCCCCC. The Labute approximate surface area is 564 Å². The number of ether oxygens (including phenoxy) is 4. The van der Waals surface area contributed by atoms with Crippen molar-refractivity contribution in [1.29, 1.82) is 0 Å². The summed E-state index contributed by atoms with van der Waals surface area (Å²) in [5, 5.41) is 0. The zero-order valence-corrected chi connectivity index (χ0v) is 62.9. The molecule has 0 bridgehead atoms. The first kappa shape index (κ1) is 92.1. The second-order valence-corrected chi connectivity index (χ2v) is 30.7. The van der Waals surface area contributed by atoms with E-state index in [1.54, 1.807) is 0 Å². The minimum Gasteiger partial charge on any atom is -0.756 e. The van der Waals surface area contributed by atoms with E-state index < -0.39 is 53.0 Å². The molecule has 0 aliphatic carbocycles. The van der Waals surface area contributed by atoms with Crippen LogP contribution in [0.2, 0.25) is 0 Å². The molecule has 0 spiro atoms. The molecule has 0 aromatic carbocycles. The molecule has 3 unspecified atom stereocenters. The van der Waals surface area contributed by atoms with E-state index in [4.69, 9.17) is 37.0 Å². The Morgan fingerprint density at radius 2 is 0.489 bits per heavy atom. The molecule has 0 aromatic rings. The summed E-state index contributed by atoms with van der Waals surface area (Å²) in [6.07, 6.45) is 51.1. The maximum atomic E-state index is 12.6. The van der Waals surface area contributed by atoms with Crippen molar-refractivity contribution in [3.8, 4) is 0 Å². The van der Waals surface area contributed by atoms with E-state index in [9.17, 15) is 38.1 Å². The number of unbranched alkanes of at least 4 members (excludes halogenated alkanes) is 40. The number of quaternary nitrogens is 2. The van der Waals surface area contributed by atoms with Gasteiger partial charge in [-0.1, -0.05) is 285 Å². The summed E-state index contributed by atoms with van der Waals surface area (Å²) in [5.74, 6) is -1.66. The van der Waals surface area contributed by atoms with Gasteiger partial charge in [0.15, 0.2) is 12.2 Å². The van der Waals surface area contributed by atoms with Gasteiger partial charge in [-0.3, -0.25) is 28.3 Å². The number of carbonyl (C=O) groups is 4. The number of rotatable bonds is 68. The van der Waals surface area contributed by atoms with Gasteiger partial charge in [0.2, 0.25) is 0 Å². The number of phosphoric ester groups is 2. The molecule has 0 fully saturated rings. The summed E-state index contributed by atoms with van der Waals surface area (Å²) in [5.41, 5.74) is 0. The summed E-state index contributed by atoms with van der Waals surface area (Å²) >= 11 is 0. The number of esters is 4. The average Bonchev–Trinajstić information content (AvgIpc) is 1.80. The quantitative estimate of drug-likeness (QED) is 0.0181. The molecular formula is C72H144N2O16P2. The Morgan fingerprint density at radius 3 is 0.696 bits per heavy atom. The first-order chi connectivity index (χ1) is 44.0. The molecule has 548 valence electrons. The van der Waals surface area contributed by atoms with Crippen LogP contribution in [0.5, 0.6) is 0 Å². The lowest BCUT2D eigenvalue weighted by Crippen LogP contribution is -2.37. The second kappa shape index (κ2) is 63.7. The first-order valence-corrected chi connectivity index (χ1v) is 40.4. The molecule has 0 aliphatic rings. The van der Waals surface area contributed by atoms with Crippen LogP contribution in [0, 0.1) is 0 Å². The Balaban J connectivity index is 0. The maximum absolute atomic E-state index is 12.6. The van der Waals surface area contributed by atoms with Crippen LogP contribution >= 0.6 is 15.6 Å². The topological polar surface area (TPSA) is 222 Å². The van der Waals surface area contributed by atoms with Crippen molar-refractivity contribution in [2.24, 2.45) is 0 Å². The summed E-state index contributed by atoms with van der Waals surface area (Å²) < 4.78 is 67.4. The molecule has 0 amide bonds. The van der Waals surface area contributed by atoms with Crippen molar-refractivity contribution >= 4 is 39.5 Å². The number of likely N-dealkylation sites (N-methyl/N-ethyl adjacent to an activating group) is 2. The fraction of sp³-hybridized carbons (Fsp3) is 0.944. The van der Waals surface area contributed by atoms with Gasteiger partial charge >= 0.3 is 23.9 Å². The van der Waals surface area contributed by atoms with Gasteiger partial charge in [0.1, 0.15) is 39.5 Å². The van der Waals surface area contributed by atoms with Gasteiger partial charge in [-0.15, -0.1) is 0 Å². The van der Waals surface area contributed by atoms with E-state index in [2.05, 4.69) is 27.7 Å². The van der Waals surface area contributed by atoms with Gasteiger partial charge in [0.25, 0.3) is 15.6 Å². The molecular weight excluding hydrogens is 1210 g/mol. The molecule has 0 aliphatic heterocycles. The van der Waals surface area contributed by atoms with Crippen LogP contribution in [0.4, 0.5) is 0 Å². The van der Waals surface area contributed by atoms with Crippen molar-refractivity contribution in [2.45, 2.75) is 348 Å². The maximum Gasteiger partial charge on any atom is 0.306 e. The Hall–Kier alpha value is -1.98. The van der Waals surface area contributed by atoms with Gasteiger partial charge in [0.05, 0.1) is 55.5 Å². The van der Waals surface area contributed by atoms with E-state index in [0.717, 1.165) is 64.2 Å². The van der Waals surface area contributed by atoms with Crippen LogP contribution in [0.25, 0.3) is 0 Å². The third-order valence-electron chi connectivity index (χ3n) is 16.3. The van der Waals surface area contributed by atoms with Crippen LogP contribution in [-0.4, -0.2) is 140 Å². The van der Waals surface area contributed by atoms with Crippen LogP contribution in [-0.2, 0) is 65.4 Å². The number of hydrogen-bond acceptors (Lipinski definition) is 16. The normalized spacial score (nSPS) is 13.8. The third kappa shape index (κ3) is 72.3. The third-order valence-corrected chi connectivity index (χ3v) is 18.2. The molecule has 92 heavy (non-hydrogen) atoms. The standard InChI is InChI=1S/2C36H72NO8P/c2*1-6-8-10-12-14-16-18-20-22-24-26-28-35(38)42-32-34(33-44-46(40,41)43-31-30-37(3,4)5)45-36(39)29-27-25-23-21-19-17-15-13-11-9-7-2/h2*34H,6-33H2,1-5H3/t34-;/m1./s1. The van der Waals surface area contributed by atoms with Crippen molar-refractivity contribution < 1.29 is 84.1 Å². The highest BCUT2D eigenvalue weighted by Gasteiger charge is 2.24. The van der Waals surface area contributed by atoms with Crippen molar-refractivity contribution in [2.75, 3.05) is 95.0 Å². The predicted octanol–water partition coefficient (Wildman–Crippen LogP) is 18.1. The van der Waals surface area contributed by atoms with E-state index in [1.807, 2.05) is 42.3 Å². The fourth-order valence-electron chi connectivity index (χ4n) is 10.2. The van der Waals surface area contributed by atoms with Gasteiger partial charge in [-0.25, -0.2) is 0 Å². The minimum absolute atomic E-state index is 0.0263. The molecule has 20 heteroatoms. The Kier molecular flexibility index (Phi) is 63.8. The summed E-state index contributed by atoms with van der Waals surface area (Å²) in [7, 11) is 2.35. The molecule has 0 aromatic heterocycles. The van der Waals surface area contributed by atoms with Crippen molar-refractivity contribution in [3.63, 3.8) is 0 Å². The van der Waals surface area contributed by atoms with Gasteiger partial charge < -0.3 is 55.8 Å². The van der Waals surface area contributed by atoms with Crippen LogP contribution in [0.3, 0.4) is 0 Å². The van der Waals surface area contributed by atoms with Crippen LogP contribution in [0.15, 0.2) is 0 Å². The highest BCUT2D eigenvalue weighted by Crippen LogP contribution is 2.39. The summed E-state index contributed by atoms with van der Waals surface area (Å²) in [6.45, 7) is 8.41. The molecule has 0 rings (SSSR count). The van der Waals surface area contributed by atoms with E-state index in [0.29, 0.717) is 34.9 Å². The zero-order chi connectivity index (χ0) is 68.7. The molecule has 4 atom stereocenters. The van der Waals surface area contributed by atoms with Gasteiger partial charge in [-0.05, 0) is 25.7 Å². The lowest BCUT2D eigenvalue weighted by atomic mass is 10.1. The lowest BCUT2D eigenvalue weighted by molar-refractivity contribution is -0.870. The smallest absolute Gasteiger partial charge is 0.306 e. The van der Waals surface area contributed by atoms with E-state index >= 15 is 0 Å². The van der Waals surface area contributed by atoms with Crippen LogP contribution in [0.1, 0.15) is 336 Å². The average molecular weight is 1360 g/mol. The van der Waals surface area contributed by atoms with Gasteiger partial charge in [-0.2, -0.15) is 0 Å². The van der Waals surface area contributed by atoms with Gasteiger partial charge in [0, 0.05) is 25.7 Å². The number of hydrogen-bond donors (Lipinski definition) is 0. The fourth-order valence-corrected chi connectivity index (χ4v) is 11.7. The summed E-state index contributed by atoms with van der Waals surface area (Å²) in [4.78, 5) is 74.4. The molecule has 0 radical (unpaired) electrons.